The Bertz CT molecular complexity index is 3050. The van der Waals surface area contributed by atoms with Gasteiger partial charge in [0.1, 0.15) is 16.7 Å². The Morgan fingerprint density at radius 2 is 1.10 bits per heavy atom. The number of hydrogen-bond acceptors (Lipinski definition) is 3. The highest BCUT2D eigenvalue weighted by molar-refractivity contribution is 6.26. The average molecular weight is 668 g/mol. The minimum absolute atomic E-state index is 0.155. The van der Waals surface area contributed by atoms with Gasteiger partial charge in [-0.15, -0.1) is 0 Å². The summed E-state index contributed by atoms with van der Waals surface area (Å²) < 4.78 is 13.6. The summed E-state index contributed by atoms with van der Waals surface area (Å²) in [7, 11) is 0. The van der Waals surface area contributed by atoms with E-state index in [2.05, 4.69) is 176 Å². The van der Waals surface area contributed by atoms with Crippen molar-refractivity contribution in [1.82, 2.24) is 0 Å². The van der Waals surface area contributed by atoms with E-state index in [1.54, 1.807) is 0 Å². The van der Waals surface area contributed by atoms with E-state index >= 15 is 0 Å². The summed E-state index contributed by atoms with van der Waals surface area (Å²) >= 11 is 0. The Kier molecular flexibility index (Phi) is 6.01. The third-order valence-electron chi connectivity index (χ3n) is 11.3. The van der Waals surface area contributed by atoms with E-state index in [-0.39, 0.29) is 5.41 Å². The first kappa shape index (κ1) is 29.2. The SMILES string of the molecule is CC1(C)c2ccccc2-c2ccc(N(c3cccc4c3oc3ccccc34)c3cccc4oc5cc(-c6ccccc6)c6ccccc6c5c34)cc21. The summed E-state index contributed by atoms with van der Waals surface area (Å²) in [6.45, 7) is 4.68. The molecule has 8 aromatic carbocycles. The van der Waals surface area contributed by atoms with Crippen LogP contribution in [-0.4, -0.2) is 0 Å². The maximum atomic E-state index is 6.82. The van der Waals surface area contributed by atoms with Gasteiger partial charge >= 0.3 is 0 Å². The molecule has 3 heteroatoms. The Labute approximate surface area is 301 Å². The molecule has 0 saturated carbocycles. The Morgan fingerprint density at radius 1 is 0.423 bits per heavy atom. The Balaban J connectivity index is 1.24. The molecule has 1 aliphatic carbocycles. The number of fused-ring (bicyclic) bond motifs is 11. The molecule has 0 aliphatic heterocycles. The highest BCUT2D eigenvalue weighted by Crippen LogP contribution is 2.53. The van der Waals surface area contributed by atoms with Crippen LogP contribution in [0, 0.1) is 0 Å². The van der Waals surface area contributed by atoms with Crippen molar-refractivity contribution in [1.29, 1.82) is 0 Å². The van der Waals surface area contributed by atoms with Crippen LogP contribution in [0.1, 0.15) is 25.0 Å². The fourth-order valence-corrected chi connectivity index (χ4v) is 8.85. The summed E-state index contributed by atoms with van der Waals surface area (Å²) in [5.41, 5.74) is 14.0. The highest BCUT2D eigenvalue weighted by Gasteiger charge is 2.36. The van der Waals surface area contributed by atoms with Gasteiger partial charge < -0.3 is 13.7 Å². The van der Waals surface area contributed by atoms with Crippen LogP contribution in [0.3, 0.4) is 0 Å². The molecule has 0 saturated heterocycles. The van der Waals surface area contributed by atoms with E-state index in [1.807, 2.05) is 6.07 Å². The standard InChI is InChI=1S/C49H33NO2/c1-49(2)39-21-10-8-17-33(39)34-27-26-31(28-40(34)49)50(42-23-12-20-37-35-18-9-11-24-43(35)52-48(37)42)41-22-13-25-44-47(41)46-36-19-7-6-16-32(36)38(29-45(46)51-44)30-14-4-3-5-15-30/h3-29H,1-2H3. The van der Waals surface area contributed by atoms with Crippen molar-refractivity contribution in [2.24, 2.45) is 0 Å². The predicted octanol–water partition coefficient (Wildman–Crippen LogP) is 14.1. The third kappa shape index (κ3) is 4.02. The molecule has 2 aromatic heterocycles. The quantitative estimate of drug-likeness (QED) is 0.187. The zero-order valence-corrected chi connectivity index (χ0v) is 28.9. The first-order valence-electron chi connectivity index (χ1n) is 17.9. The fraction of sp³-hybridized carbons (Fsp3) is 0.0612. The van der Waals surface area contributed by atoms with Crippen LogP contribution in [0.5, 0.6) is 0 Å². The topological polar surface area (TPSA) is 29.5 Å². The highest BCUT2D eigenvalue weighted by atomic mass is 16.3. The van der Waals surface area contributed by atoms with Gasteiger partial charge in [-0.2, -0.15) is 0 Å². The maximum absolute atomic E-state index is 6.82. The van der Waals surface area contributed by atoms with Gasteiger partial charge in [0.15, 0.2) is 5.58 Å². The van der Waals surface area contributed by atoms with Gasteiger partial charge in [0, 0.05) is 27.3 Å². The minimum atomic E-state index is -0.155. The summed E-state index contributed by atoms with van der Waals surface area (Å²) in [6, 6.07) is 58.6. The number of nitrogens with zero attached hydrogens (tertiary/aromatic N) is 1. The largest absolute Gasteiger partial charge is 0.456 e. The smallest absolute Gasteiger partial charge is 0.159 e. The first-order valence-corrected chi connectivity index (χ1v) is 17.9. The van der Waals surface area contributed by atoms with E-state index in [9.17, 15) is 0 Å². The maximum Gasteiger partial charge on any atom is 0.159 e. The van der Waals surface area contributed by atoms with Crippen molar-refractivity contribution in [3.05, 3.63) is 175 Å². The second-order valence-corrected chi connectivity index (χ2v) is 14.4. The normalized spacial score (nSPS) is 13.3. The number of rotatable bonds is 4. The average Bonchev–Trinajstić information content (AvgIpc) is 3.84. The van der Waals surface area contributed by atoms with E-state index in [0.717, 1.165) is 71.9 Å². The molecular formula is C49H33NO2. The van der Waals surface area contributed by atoms with Crippen LogP contribution >= 0.6 is 0 Å². The van der Waals surface area contributed by atoms with Gasteiger partial charge in [-0.3, -0.25) is 0 Å². The van der Waals surface area contributed by atoms with Gasteiger partial charge in [0.05, 0.1) is 16.8 Å². The molecule has 0 bridgehead atoms. The van der Waals surface area contributed by atoms with Crippen molar-refractivity contribution >= 4 is 71.7 Å². The summed E-state index contributed by atoms with van der Waals surface area (Å²) in [5.74, 6) is 0. The zero-order valence-electron chi connectivity index (χ0n) is 28.9. The van der Waals surface area contributed by atoms with Crippen LogP contribution in [-0.2, 0) is 5.41 Å². The number of para-hydroxylation sites is 2. The lowest BCUT2D eigenvalue weighted by atomic mass is 9.82. The molecule has 3 nitrogen and oxygen atoms in total. The van der Waals surface area contributed by atoms with Crippen molar-refractivity contribution in [3.63, 3.8) is 0 Å². The predicted molar refractivity (Wildman–Crippen MR) is 216 cm³/mol. The van der Waals surface area contributed by atoms with Crippen molar-refractivity contribution < 1.29 is 8.83 Å². The number of furan rings is 2. The second kappa shape index (κ2) is 10.7. The molecular weight excluding hydrogens is 635 g/mol. The van der Waals surface area contributed by atoms with Gasteiger partial charge in [-0.05, 0) is 86.6 Å². The van der Waals surface area contributed by atoms with Crippen LogP contribution in [0.4, 0.5) is 17.1 Å². The van der Waals surface area contributed by atoms with E-state index in [0.29, 0.717) is 0 Å². The van der Waals surface area contributed by atoms with E-state index in [1.165, 1.54) is 33.2 Å². The molecule has 0 spiro atoms. The monoisotopic (exact) mass is 667 g/mol. The van der Waals surface area contributed by atoms with Crippen molar-refractivity contribution in [3.8, 4) is 22.3 Å². The molecule has 0 N–H and O–H groups in total. The molecule has 0 atom stereocenters. The molecule has 2 heterocycles. The number of hydrogen-bond donors (Lipinski definition) is 0. The van der Waals surface area contributed by atoms with Crippen molar-refractivity contribution in [2.45, 2.75) is 19.3 Å². The lowest BCUT2D eigenvalue weighted by Crippen LogP contribution is -2.16. The molecule has 0 amide bonds. The summed E-state index contributed by atoms with van der Waals surface area (Å²) in [5, 5.41) is 6.74. The lowest BCUT2D eigenvalue weighted by molar-refractivity contribution is 0.660. The van der Waals surface area contributed by atoms with E-state index in [4.69, 9.17) is 8.83 Å². The van der Waals surface area contributed by atoms with Crippen LogP contribution < -0.4 is 4.90 Å². The van der Waals surface area contributed by atoms with Crippen LogP contribution in [0.2, 0.25) is 0 Å². The molecule has 246 valence electrons. The van der Waals surface area contributed by atoms with Crippen LogP contribution in [0.25, 0.3) is 76.9 Å². The van der Waals surface area contributed by atoms with Crippen LogP contribution in [0.15, 0.2) is 173 Å². The molecule has 0 unspecified atom stereocenters. The first-order chi connectivity index (χ1) is 25.6. The van der Waals surface area contributed by atoms with Crippen molar-refractivity contribution in [2.75, 3.05) is 4.90 Å². The van der Waals surface area contributed by atoms with Gasteiger partial charge in [-0.1, -0.05) is 135 Å². The number of benzene rings is 8. The van der Waals surface area contributed by atoms with Gasteiger partial charge in [-0.25, -0.2) is 0 Å². The molecule has 0 radical (unpaired) electrons. The third-order valence-corrected chi connectivity index (χ3v) is 11.3. The number of anilines is 3. The summed E-state index contributed by atoms with van der Waals surface area (Å²) in [4.78, 5) is 2.39. The minimum Gasteiger partial charge on any atom is -0.456 e. The fourth-order valence-electron chi connectivity index (χ4n) is 8.85. The Hall–Kier alpha value is -6.58. The molecule has 52 heavy (non-hydrogen) atoms. The molecule has 0 fully saturated rings. The Morgan fingerprint density at radius 3 is 1.98 bits per heavy atom. The molecule has 1 aliphatic rings. The van der Waals surface area contributed by atoms with Gasteiger partial charge in [0.25, 0.3) is 0 Å². The molecule has 11 rings (SSSR count). The summed E-state index contributed by atoms with van der Waals surface area (Å²) in [6.07, 6.45) is 0. The van der Waals surface area contributed by atoms with Gasteiger partial charge in [0.2, 0.25) is 0 Å². The zero-order chi connectivity index (χ0) is 34.6. The second-order valence-electron chi connectivity index (χ2n) is 14.4. The van der Waals surface area contributed by atoms with E-state index < -0.39 is 0 Å². The molecule has 10 aromatic rings. The lowest BCUT2D eigenvalue weighted by Gasteiger charge is -2.28.